The van der Waals surface area contributed by atoms with E-state index < -0.39 is 0 Å². The summed E-state index contributed by atoms with van der Waals surface area (Å²) in [6.07, 6.45) is 5.00. The first kappa shape index (κ1) is 20.6. The zero-order chi connectivity index (χ0) is 20.6. The molecule has 1 fully saturated rings. The van der Waals surface area contributed by atoms with Crippen LogP contribution in [0.4, 0.5) is 5.69 Å². The lowest BCUT2D eigenvalue weighted by Gasteiger charge is -2.37. The predicted molar refractivity (Wildman–Crippen MR) is 121 cm³/mol. The van der Waals surface area contributed by atoms with E-state index in [-0.39, 0.29) is 0 Å². The predicted octanol–water partition coefficient (Wildman–Crippen LogP) is 4.17. The Morgan fingerprint density at radius 2 is 1.77 bits per heavy atom. The molecule has 2 heterocycles. The van der Waals surface area contributed by atoms with Crippen LogP contribution in [0.2, 0.25) is 0 Å². The Kier molecular flexibility index (Phi) is 7.14. The lowest BCUT2D eigenvalue weighted by Crippen LogP contribution is -2.46. The first-order valence-electron chi connectivity index (χ1n) is 11.0. The van der Waals surface area contributed by atoms with Crippen LogP contribution < -0.4 is 19.1 Å². The molecule has 0 atom stereocenters. The summed E-state index contributed by atoms with van der Waals surface area (Å²) < 4.78 is 17.6. The maximum Gasteiger partial charge on any atom is 0.184 e. The number of rotatable bonds is 9. The second-order valence-corrected chi connectivity index (χ2v) is 7.79. The van der Waals surface area contributed by atoms with Crippen LogP contribution in [0.3, 0.4) is 0 Å². The molecule has 2 aromatic carbocycles. The highest BCUT2D eigenvalue weighted by molar-refractivity contribution is 5.65. The van der Waals surface area contributed by atoms with E-state index in [9.17, 15) is 0 Å². The number of fused-ring (bicyclic) bond motifs is 1. The van der Waals surface area contributed by atoms with Crippen molar-refractivity contribution in [3.05, 3.63) is 60.7 Å². The second-order valence-electron chi connectivity index (χ2n) is 7.79. The fraction of sp³-hybridized carbons (Fsp3) is 0.440. The number of hydrogen-bond donors (Lipinski definition) is 0. The Hall–Kier alpha value is -2.66. The number of piperazine rings is 1. The number of nitrogens with zero attached hydrogens (tertiary/aromatic N) is 2. The van der Waals surface area contributed by atoms with E-state index >= 15 is 0 Å². The molecule has 0 N–H and O–H groups in total. The second kappa shape index (κ2) is 10.4. The van der Waals surface area contributed by atoms with Gasteiger partial charge in [-0.05, 0) is 49.6 Å². The fourth-order valence-electron chi connectivity index (χ4n) is 4.11. The molecule has 0 aromatic heterocycles. The molecule has 160 valence electrons. The molecule has 5 heteroatoms. The lowest BCUT2D eigenvalue weighted by molar-refractivity contribution is 0.171. The number of benzene rings is 2. The van der Waals surface area contributed by atoms with Gasteiger partial charge in [0.05, 0.1) is 12.3 Å². The van der Waals surface area contributed by atoms with Gasteiger partial charge in [-0.1, -0.05) is 30.3 Å². The van der Waals surface area contributed by atoms with Gasteiger partial charge in [-0.25, -0.2) is 0 Å². The first-order chi connectivity index (χ1) is 14.8. The summed E-state index contributed by atoms with van der Waals surface area (Å²) in [6.45, 7) is 11.2. The summed E-state index contributed by atoms with van der Waals surface area (Å²) in [5, 5.41) is 0. The van der Waals surface area contributed by atoms with Gasteiger partial charge in [0.2, 0.25) is 0 Å². The van der Waals surface area contributed by atoms with Crippen molar-refractivity contribution in [1.82, 2.24) is 4.90 Å². The molecule has 0 saturated carbocycles. The number of unbranched alkanes of at least 4 members (excludes halogenated alkanes) is 1. The van der Waals surface area contributed by atoms with Crippen molar-refractivity contribution in [3.8, 4) is 17.2 Å². The summed E-state index contributed by atoms with van der Waals surface area (Å²) in [6, 6.07) is 14.4. The third-order valence-corrected chi connectivity index (χ3v) is 5.72. The van der Waals surface area contributed by atoms with Crippen LogP contribution in [0.1, 0.15) is 18.4 Å². The average molecular weight is 409 g/mol. The normalized spacial score (nSPS) is 16.3. The van der Waals surface area contributed by atoms with Crippen molar-refractivity contribution in [3.63, 3.8) is 0 Å². The minimum atomic E-state index is 0.629. The zero-order valence-corrected chi connectivity index (χ0v) is 17.7. The Balaban J connectivity index is 1.18. The molecule has 0 radical (unpaired) electrons. The van der Waals surface area contributed by atoms with Crippen LogP contribution in [-0.2, 0) is 6.42 Å². The number of hydrogen-bond acceptors (Lipinski definition) is 5. The SMILES string of the molecule is C=CCc1ccccc1OCCCCN1CCN(c2cccc3c2OCCO3)CC1. The van der Waals surface area contributed by atoms with Gasteiger partial charge in [0.15, 0.2) is 11.5 Å². The molecular weight excluding hydrogens is 376 g/mol. The molecule has 2 aliphatic rings. The Bertz CT molecular complexity index is 831. The molecule has 2 aliphatic heterocycles. The van der Waals surface area contributed by atoms with Gasteiger partial charge in [0.1, 0.15) is 19.0 Å². The zero-order valence-electron chi connectivity index (χ0n) is 17.7. The van der Waals surface area contributed by atoms with Crippen molar-refractivity contribution in [2.45, 2.75) is 19.3 Å². The molecule has 30 heavy (non-hydrogen) atoms. The fourth-order valence-corrected chi connectivity index (χ4v) is 4.11. The van der Waals surface area contributed by atoms with Gasteiger partial charge in [-0.15, -0.1) is 6.58 Å². The highest BCUT2D eigenvalue weighted by Gasteiger charge is 2.23. The Morgan fingerprint density at radius 1 is 0.933 bits per heavy atom. The van der Waals surface area contributed by atoms with E-state index in [2.05, 4.69) is 46.7 Å². The van der Waals surface area contributed by atoms with Crippen LogP contribution >= 0.6 is 0 Å². The largest absolute Gasteiger partial charge is 0.493 e. The van der Waals surface area contributed by atoms with Crippen molar-refractivity contribution in [1.29, 1.82) is 0 Å². The minimum absolute atomic E-state index is 0.629. The van der Waals surface area contributed by atoms with Crippen LogP contribution in [0, 0.1) is 0 Å². The van der Waals surface area contributed by atoms with Gasteiger partial charge in [-0.2, -0.15) is 0 Å². The van der Waals surface area contributed by atoms with Gasteiger partial charge >= 0.3 is 0 Å². The van der Waals surface area contributed by atoms with Crippen LogP contribution in [0.15, 0.2) is 55.1 Å². The third-order valence-electron chi connectivity index (χ3n) is 5.72. The van der Waals surface area contributed by atoms with E-state index in [4.69, 9.17) is 14.2 Å². The van der Waals surface area contributed by atoms with E-state index in [0.29, 0.717) is 13.2 Å². The molecule has 0 aliphatic carbocycles. The van der Waals surface area contributed by atoms with Gasteiger partial charge in [-0.3, -0.25) is 4.90 Å². The van der Waals surface area contributed by atoms with Crippen molar-refractivity contribution < 1.29 is 14.2 Å². The highest BCUT2D eigenvalue weighted by atomic mass is 16.6. The molecular formula is C25H32N2O3. The third kappa shape index (κ3) is 5.08. The molecule has 0 spiro atoms. The van der Waals surface area contributed by atoms with Crippen molar-refractivity contribution >= 4 is 5.69 Å². The maximum atomic E-state index is 6.01. The van der Waals surface area contributed by atoms with E-state index in [1.807, 2.05) is 18.2 Å². The monoisotopic (exact) mass is 408 g/mol. The van der Waals surface area contributed by atoms with Crippen LogP contribution in [0.5, 0.6) is 17.2 Å². The van der Waals surface area contributed by atoms with Crippen molar-refractivity contribution in [2.75, 3.05) is 57.4 Å². The Morgan fingerprint density at radius 3 is 2.63 bits per heavy atom. The van der Waals surface area contributed by atoms with E-state index in [0.717, 1.165) is 75.8 Å². The van der Waals surface area contributed by atoms with Crippen LogP contribution in [-0.4, -0.2) is 57.4 Å². The summed E-state index contributed by atoms with van der Waals surface area (Å²) >= 11 is 0. The average Bonchev–Trinajstić information content (AvgIpc) is 2.80. The van der Waals surface area contributed by atoms with Gasteiger partial charge in [0, 0.05) is 26.2 Å². The molecule has 4 rings (SSSR count). The number of allylic oxidation sites excluding steroid dienone is 1. The smallest absolute Gasteiger partial charge is 0.184 e. The minimum Gasteiger partial charge on any atom is -0.493 e. The molecule has 0 unspecified atom stereocenters. The Labute approximate surface area is 179 Å². The van der Waals surface area contributed by atoms with Crippen LogP contribution in [0.25, 0.3) is 0 Å². The van der Waals surface area contributed by atoms with E-state index in [1.165, 1.54) is 11.3 Å². The number of anilines is 1. The molecule has 1 saturated heterocycles. The van der Waals surface area contributed by atoms with Gasteiger partial charge < -0.3 is 19.1 Å². The van der Waals surface area contributed by atoms with Gasteiger partial charge in [0.25, 0.3) is 0 Å². The molecule has 0 bridgehead atoms. The number of ether oxygens (including phenoxy) is 3. The molecule has 5 nitrogen and oxygen atoms in total. The molecule has 0 amide bonds. The first-order valence-corrected chi connectivity index (χ1v) is 11.0. The standard InChI is InChI=1S/C25H32N2O3/c1-2-8-21-9-3-4-11-23(21)28-18-6-5-13-26-14-16-27(17-15-26)22-10-7-12-24-25(22)30-20-19-29-24/h2-4,7,9-12H,1,5-6,8,13-20H2. The lowest BCUT2D eigenvalue weighted by atomic mass is 10.1. The number of para-hydroxylation sites is 2. The molecule has 2 aromatic rings. The van der Waals surface area contributed by atoms with Crippen molar-refractivity contribution in [2.24, 2.45) is 0 Å². The highest BCUT2D eigenvalue weighted by Crippen LogP contribution is 2.39. The topological polar surface area (TPSA) is 34.2 Å². The summed E-state index contributed by atoms with van der Waals surface area (Å²) in [7, 11) is 0. The quantitative estimate of drug-likeness (QED) is 0.460. The maximum absolute atomic E-state index is 6.01. The van der Waals surface area contributed by atoms with E-state index in [1.54, 1.807) is 0 Å². The summed E-state index contributed by atoms with van der Waals surface area (Å²) in [4.78, 5) is 4.97. The summed E-state index contributed by atoms with van der Waals surface area (Å²) in [5.41, 5.74) is 2.37. The summed E-state index contributed by atoms with van der Waals surface area (Å²) in [5.74, 6) is 2.77.